The summed E-state index contributed by atoms with van der Waals surface area (Å²) in [7, 11) is 0. The molecule has 1 aromatic rings. The van der Waals surface area contributed by atoms with Crippen molar-refractivity contribution in [1.29, 1.82) is 0 Å². The maximum absolute atomic E-state index is 13.6. The highest BCUT2D eigenvalue weighted by molar-refractivity contribution is 5.94. The van der Waals surface area contributed by atoms with Gasteiger partial charge in [-0.05, 0) is 31.7 Å². The van der Waals surface area contributed by atoms with Gasteiger partial charge in [0.05, 0.1) is 18.8 Å². The molecule has 25 heavy (non-hydrogen) atoms. The van der Waals surface area contributed by atoms with Crippen LogP contribution in [0.2, 0.25) is 0 Å². The highest BCUT2D eigenvalue weighted by Gasteiger charge is 2.40. The van der Waals surface area contributed by atoms with Crippen LogP contribution in [-0.2, 0) is 17.9 Å². The number of nitrogens with zero attached hydrogens (tertiary/aromatic N) is 4. The van der Waals surface area contributed by atoms with E-state index in [1.165, 1.54) is 0 Å². The summed E-state index contributed by atoms with van der Waals surface area (Å²) in [4.78, 5) is 16.8. The first-order chi connectivity index (χ1) is 12.0. The number of fused-ring (bicyclic) bond motifs is 1. The summed E-state index contributed by atoms with van der Waals surface area (Å²) in [6.45, 7) is 1.95. The molecule has 1 aromatic heterocycles. The van der Waals surface area contributed by atoms with Crippen molar-refractivity contribution in [3.05, 3.63) is 29.6 Å². The summed E-state index contributed by atoms with van der Waals surface area (Å²) < 4.78 is 29.0. The van der Waals surface area contributed by atoms with Gasteiger partial charge in [0.1, 0.15) is 0 Å². The Morgan fingerprint density at radius 2 is 2.24 bits per heavy atom. The van der Waals surface area contributed by atoms with Gasteiger partial charge >= 0.3 is 0 Å². The fourth-order valence-corrected chi connectivity index (χ4v) is 4.16. The molecule has 4 rings (SSSR count). The standard InChI is InChI=1S/C18H24F2N4O/c19-18(20)7-10-22(13-18)11-15-6-9-24-16(5-8-21-24)12-23(15)17(25)14-3-1-2-4-14/h3,5,8,15H,1-2,4,6-7,9-13H2. The van der Waals surface area contributed by atoms with Crippen LogP contribution in [-0.4, -0.2) is 57.1 Å². The fraction of sp³-hybridized carbons (Fsp3) is 0.667. The quantitative estimate of drug-likeness (QED) is 0.841. The van der Waals surface area contributed by atoms with E-state index in [2.05, 4.69) is 5.10 Å². The minimum Gasteiger partial charge on any atom is -0.329 e. The van der Waals surface area contributed by atoms with E-state index in [1.807, 2.05) is 26.6 Å². The number of halogens is 2. The molecule has 0 aromatic carbocycles. The summed E-state index contributed by atoms with van der Waals surface area (Å²) in [6.07, 6.45) is 7.25. The summed E-state index contributed by atoms with van der Waals surface area (Å²) in [5.41, 5.74) is 1.89. The Labute approximate surface area is 146 Å². The summed E-state index contributed by atoms with van der Waals surface area (Å²) in [6, 6.07) is 1.89. The third-order valence-electron chi connectivity index (χ3n) is 5.55. The Hall–Kier alpha value is -1.76. The molecule has 0 N–H and O–H groups in total. The maximum Gasteiger partial charge on any atom is 0.261 e. The van der Waals surface area contributed by atoms with Crippen LogP contribution >= 0.6 is 0 Å². The number of aryl methyl sites for hydroxylation is 1. The van der Waals surface area contributed by atoms with E-state index in [-0.39, 0.29) is 24.9 Å². The van der Waals surface area contributed by atoms with Crippen molar-refractivity contribution in [3.8, 4) is 0 Å². The number of hydrogen-bond acceptors (Lipinski definition) is 3. The second-order valence-electron chi connectivity index (χ2n) is 7.38. The highest BCUT2D eigenvalue weighted by atomic mass is 19.3. The van der Waals surface area contributed by atoms with Crippen molar-refractivity contribution in [3.63, 3.8) is 0 Å². The molecule has 0 radical (unpaired) electrons. The lowest BCUT2D eigenvalue weighted by Gasteiger charge is -2.33. The van der Waals surface area contributed by atoms with Crippen molar-refractivity contribution in [2.45, 2.75) is 57.2 Å². The van der Waals surface area contributed by atoms with Crippen molar-refractivity contribution < 1.29 is 13.6 Å². The molecule has 5 nitrogen and oxygen atoms in total. The lowest BCUT2D eigenvalue weighted by Crippen LogP contribution is -2.46. The van der Waals surface area contributed by atoms with E-state index in [0.29, 0.717) is 19.6 Å². The van der Waals surface area contributed by atoms with Crippen molar-refractivity contribution in [1.82, 2.24) is 19.6 Å². The van der Waals surface area contributed by atoms with Crippen LogP contribution in [0, 0.1) is 0 Å². The zero-order valence-electron chi connectivity index (χ0n) is 14.3. The van der Waals surface area contributed by atoms with Crippen LogP contribution in [0.3, 0.4) is 0 Å². The van der Waals surface area contributed by atoms with Gasteiger partial charge in [0, 0.05) is 43.9 Å². The number of allylic oxidation sites excluding steroid dienone is 1. The molecule has 1 unspecified atom stereocenters. The predicted octanol–water partition coefficient (Wildman–Crippen LogP) is 2.44. The number of amides is 1. The second kappa shape index (κ2) is 6.52. The first-order valence-electron chi connectivity index (χ1n) is 9.13. The normalized spacial score (nSPS) is 26.4. The number of aromatic nitrogens is 2. The molecule has 0 spiro atoms. The first-order valence-corrected chi connectivity index (χ1v) is 9.13. The SMILES string of the molecule is O=C(C1=CCCC1)N1Cc2ccnn2CCC1CN1CCC(F)(F)C1. The number of alkyl halides is 2. The van der Waals surface area contributed by atoms with Gasteiger partial charge in [-0.15, -0.1) is 0 Å². The number of rotatable bonds is 3. The molecule has 1 fully saturated rings. The van der Waals surface area contributed by atoms with Gasteiger partial charge in [0.15, 0.2) is 0 Å². The molecular formula is C18H24F2N4O. The Kier molecular flexibility index (Phi) is 4.35. The van der Waals surface area contributed by atoms with Crippen molar-refractivity contribution >= 4 is 5.91 Å². The van der Waals surface area contributed by atoms with E-state index in [0.717, 1.165) is 43.5 Å². The summed E-state index contributed by atoms with van der Waals surface area (Å²) in [5.74, 6) is -2.52. The molecule has 1 amide bonds. The van der Waals surface area contributed by atoms with Gasteiger partial charge in [-0.25, -0.2) is 8.78 Å². The Bertz CT molecular complexity index is 684. The van der Waals surface area contributed by atoms with Crippen LogP contribution in [0.15, 0.2) is 23.9 Å². The average Bonchev–Trinajstić information content (AvgIpc) is 3.29. The Morgan fingerprint density at radius 3 is 2.96 bits per heavy atom. The smallest absolute Gasteiger partial charge is 0.261 e. The molecule has 1 atom stereocenters. The third kappa shape index (κ3) is 3.47. The van der Waals surface area contributed by atoms with Gasteiger partial charge < -0.3 is 4.90 Å². The van der Waals surface area contributed by atoms with Crippen molar-refractivity contribution in [2.24, 2.45) is 0 Å². The van der Waals surface area contributed by atoms with Crippen LogP contribution in [0.4, 0.5) is 8.78 Å². The van der Waals surface area contributed by atoms with Crippen LogP contribution in [0.1, 0.15) is 37.8 Å². The molecule has 0 bridgehead atoms. The minimum absolute atomic E-state index is 0.0513. The highest BCUT2D eigenvalue weighted by Crippen LogP contribution is 2.29. The zero-order chi connectivity index (χ0) is 17.4. The summed E-state index contributed by atoms with van der Waals surface area (Å²) in [5, 5.41) is 4.33. The maximum atomic E-state index is 13.6. The van der Waals surface area contributed by atoms with E-state index in [9.17, 15) is 13.6 Å². The molecule has 136 valence electrons. The number of carbonyl (C=O) groups is 1. The van der Waals surface area contributed by atoms with Gasteiger partial charge in [-0.3, -0.25) is 14.4 Å². The molecule has 0 saturated carbocycles. The van der Waals surface area contributed by atoms with Crippen LogP contribution < -0.4 is 0 Å². The first kappa shape index (κ1) is 16.7. The monoisotopic (exact) mass is 350 g/mol. The minimum atomic E-state index is -2.60. The largest absolute Gasteiger partial charge is 0.329 e. The zero-order valence-corrected chi connectivity index (χ0v) is 14.3. The van der Waals surface area contributed by atoms with E-state index in [4.69, 9.17) is 0 Å². The van der Waals surface area contributed by atoms with E-state index >= 15 is 0 Å². The van der Waals surface area contributed by atoms with Crippen LogP contribution in [0.5, 0.6) is 0 Å². The average molecular weight is 350 g/mol. The van der Waals surface area contributed by atoms with Gasteiger partial charge in [0.25, 0.3) is 5.92 Å². The van der Waals surface area contributed by atoms with Gasteiger partial charge in [0.2, 0.25) is 5.91 Å². The topological polar surface area (TPSA) is 41.4 Å². The molecule has 1 aliphatic carbocycles. The molecule has 2 aliphatic heterocycles. The van der Waals surface area contributed by atoms with Gasteiger partial charge in [-0.1, -0.05) is 6.08 Å². The molecular weight excluding hydrogens is 326 g/mol. The second-order valence-corrected chi connectivity index (χ2v) is 7.38. The lowest BCUT2D eigenvalue weighted by atomic mass is 10.1. The van der Waals surface area contributed by atoms with E-state index in [1.54, 1.807) is 6.20 Å². The van der Waals surface area contributed by atoms with E-state index < -0.39 is 5.92 Å². The molecule has 7 heteroatoms. The Morgan fingerprint density at radius 1 is 1.36 bits per heavy atom. The number of likely N-dealkylation sites (tertiary alicyclic amines) is 1. The third-order valence-corrected chi connectivity index (χ3v) is 5.55. The molecule has 3 aliphatic rings. The Balaban J connectivity index is 1.54. The molecule has 1 saturated heterocycles. The summed E-state index contributed by atoms with van der Waals surface area (Å²) >= 11 is 0. The number of hydrogen-bond donors (Lipinski definition) is 0. The fourth-order valence-electron chi connectivity index (χ4n) is 4.16. The van der Waals surface area contributed by atoms with Crippen LogP contribution in [0.25, 0.3) is 0 Å². The van der Waals surface area contributed by atoms with Gasteiger partial charge in [-0.2, -0.15) is 5.10 Å². The predicted molar refractivity (Wildman–Crippen MR) is 89.1 cm³/mol. The molecule has 3 heterocycles. The van der Waals surface area contributed by atoms with Crippen molar-refractivity contribution in [2.75, 3.05) is 19.6 Å². The lowest BCUT2D eigenvalue weighted by molar-refractivity contribution is -0.130. The number of carbonyl (C=O) groups excluding carboxylic acids is 1.